The Balaban J connectivity index is 0. The van der Waals surface area contributed by atoms with Crippen molar-refractivity contribution in [1.29, 1.82) is 0 Å². The minimum Gasteiger partial charge on any atom is -0.748 e. The van der Waals surface area contributed by atoms with E-state index in [-0.39, 0.29) is 57.5 Å². The Morgan fingerprint density at radius 2 is 1.65 bits per heavy atom. The SMILES string of the molecule is CCCC(CCCCCC(C)O)S(=O)(=O)[O-].[K+]. The van der Waals surface area contributed by atoms with Crippen molar-refractivity contribution >= 4 is 10.1 Å². The van der Waals surface area contributed by atoms with Crippen molar-refractivity contribution < 1.29 is 69.5 Å². The van der Waals surface area contributed by atoms with Crippen LogP contribution in [-0.2, 0) is 10.1 Å². The summed E-state index contributed by atoms with van der Waals surface area (Å²) in [4.78, 5) is 0. The summed E-state index contributed by atoms with van der Waals surface area (Å²) in [5.41, 5.74) is 0. The van der Waals surface area contributed by atoms with E-state index < -0.39 is 15.4 Å². The Hall–Kier alpha value is 1.51. The predicted octanol–water partition coefficient (Wildman–Crippen LogP) is -0.964. The molecule has 0 spiro atoms. The Morgan fingerprint density at radius 3 is 2.06 bits per heavy atom. The van der Waals surface area contributed by atoms with Gasteiger partial charge in [0.15, 0.2) is 0 Å². The molecule has 17 heavy (non-hydrogen) atoms. The van der Waals surface area contributed by atoms with Gasteiger partial charge >= 0.3 is 51.4 Å². The molecule has 2 unspecified atom stereocenters. The van der Waals surface area contributed by atoms with Gasteiger partial charge < -0.3 is 9.66 Å². The molecule has 0 saturated heterocycles. The summed E-state index contributed by atoms with van der Waals surface area (Å²) in [7, 11) is -4.13. The molecule has 0 amide bonds. The molecule has 2 atom stereocenters. The standard InChI is InChI=1S/C11H24O4S.K/c1-3-7-11(16(13,14)15)9-6-4-5-8-10(2)12;/h10-12H,3-9H2,1-2H3,(H,13,14,15);/q;+1/p-1. The Labute approximate surface area is 148 Å². The zero-order chi connectivity index (χ0) is 12.6. The smallest absolute Gasteiger partial charge is 0.748 e. The third-order valence-corrected chi connectivity index (χ3v) is 3.95. The number of hydrogen-bond donors (Lipinski definition) is 1. The summed E-state index contributed by atoms with van der Waals surface area (Å²) in [6.45, 7) is 3.62. The summed E-state index contributed by atoms with van der Waals surface area (Å²) in [5, 5.41) is 8.31. The van der Waals surface area contributed by atoms with Crippen LogP contribution in [0.15, 0.2) is 0 Å². The zero-order valence-corrected chi connectivity index (χ0v) is 15.1. The van der Waals surface area contributed by atoms with E-state index in [9.17, 15) is 13.0 Å². The van der Waals surface area contributed by atoms with Crippen LogP contribution in [0.4, 0.5) is 0 Å². The van der Waals surface area contributed by atoms with E-state index in [0.29, 0.717) is 12.8 Å². The van der Waals surface area contributed by atoms with Crippen LogP contribution in [0.1, 0.15) is 58.8 Å². The number of rotatable bonds is 9. The van der Waals surface area contributed by atoms with Crippen molar-refractivity contribution in [1.82, 2.24) is 0 Å². The van der Waals surface area contributed by atoms with E-state index in [2.05, 4.69) is 0 Å². The molecule has 0 fully saturated rings. The maximum atomic E-state index is 10.9. The Morgan fingerprint density at radius 1 is 1.12 bits per heavy atom. The molecule has 0 aromatic rings. The minimum atomic E-state index is -4.13. The van der Waals surface area contributed by atoms with Gasteiger partial charge in [-0.1, -0.05) is 32.6 Å². The summed E-state index contributed by atoms with van der Waals surface area (Å²) in [6, 6.07) is 0. The fourth-order valence-corrected chi connectivity index (χ4v) is 2.72. The molecule has 0 radical (unpaired) electrons. The maximum absolute atomic E-state index is 10.9. The van der Waals surface area contributed by atoms with Crippen molar-refractivity contribution in [2.45, 2.75) is 70.1 Å². The summed E-state index contributed by atoms with van der Waals surface area (Å²) < 4.78 is 32.7. The van der Waals surface area contributed by atoms with Crippen LogP contribution in [0.2, 0.25) is 0 Å². The van der Waals surface area contributed by atoms with Crippen LogP contribution in [0.25, 0.3) is 0 Å². The quantitative estimate of drug-likeness (QED) is 0.337. The third-order valence-electron chi connectivity index (χ3n) is 2.67. The van der Waals surface area contributed by atoms with Gasteiger partial charge in [-0.05, 0) is 26.2 Å². The van der Waals surface area contributed by atoms with E-state index in [1.807, 2.05) is 6.92 Å². The van der Waals surface area contributed by atoms with Crippen LogP contribution in [0.3, 0.4) is 0 Å². The summed E-state index contributed by atoms with van der Waals surface area (Å²) >= 11 is 0. The first-order chi connectivity index (χ1) is 7.38. The monoisotopic (exact) mass is 290 g/mol. The van der Waals surface area contributed by atoms with E-state index in [4.69, 9.17) is 5.11 Å². The second kappa shape index (κ2) is 11.3. The molecule has 4 nitrogen and oxygen atoms in total. The normalized spacial score (nSPS) is 15.1. The maximum Gasteiger partial charge on any atom is 1.00 e. The number of aliphatic hydroxyl groups is 1. The van der Waals surface area contributed by atoms with Gasteiger partial charge in [-0.3, -0.25) is 0 Å². The molecule has 0 rings (SSSR count). The first-order valence-corrected chi connectivity index (χ1v) is 7.47. The van der Waals surface area contributed by atoms with Gasteiger partial charge in [0.1, 0.15) is 0 Å². The Bertz CT molecular complexity index is 265. The van der Waals surface area contributed by atoms with Gasteiger partial charge in [-0.15, -0.1) is 0 Å². The fraction of sp³-hybridized carbons (Fsp3) is 1.00. The largest absolute Gasteiger partial charge is 1.00 e. The average Bonchev–Trinajstić information content (AvgIpc) is 2.13. The van der Waals surface area contributed by atoms with E-state index in [1.54, 1.807) is 6.92 Å². The first-order valence-electron chi connectivity index (χ1n) is 6.00. The average molecular weight is 290 g/mol. The fourth-order valence-electron chi connectivity index (χ4n) is 1.74. The van der Waals surface area contributed by atoms with Gasteiger partial charge in [-0.2, -0.15) is 0 Å². The minimum absolute atomic E-state index is 0. The van der Waals surface area contributed by atoms with Gasteiger partial charge in [-0.25, -0.2) is 8.42 Å². The molecule has 1 N–H and O–H groups in total. The molecule has 98 valence electrons. The second-order valence-electron chi connectivity index (χ2n) is 4.39. The molecular formula is C11H23KO4S. The molecular weight excluding hydrogens is 267 g/mol. The molecule has 0 aliphatic rings. The number of aliphatic hydroxyl groups excluding tert-OH is 1. The number of hydrogen-bond acceptors (Lipinski definition) is 4. The molecule has 0 aromatic heterocycles. The van der Waals surface area contributed by atoms with Crippen LogP contribution < -0.4 is 51.4 Å². The first kappa shape index (κ1) is 20.8. The van der Waals surface area contributed by atoms with Gasteiger partial charge in [0.05, 0.1) is 16.2 Å². The van der Waals surface area contributed by atoms with E-state index >= 15 is 0 Å². The van der Waals surface area contributed by atoms with Crippen LogP contribution in [0, 0.1) is 0 Å². The molecule has 0 aliphatic heterocycles. The van der Waals surface area contributed by atoms with E-state index in [0.717, 1.165) is 32.1 Å². The van der Waals surface area contributed by atoms with Gasteiger partial charge in [0.2, 0.25) is 0 Å². The van der Waals surface area contributed by atoms with Crippen molar-refractivity contribution in [3.05, 3.63) is 0 Å². The van der Waals surface area contributed by atoms with Crippen molar-refractivity contribution in [2.75, 3.05) is 0 Å². The molecule has 0 saturated carbocycles. The summed E-state index contributed by atoms with van der Waals surface area (Å²) in [6.07, 6.45) is 4.59. The summed E-state index contributed by atoms with van der Waals surface area (Å²) in [5.74, 6) is 0. The second-order valence-corrected chi connectivity index (χ2v) is 6.04. The number of unbranched alkanes of at least 4 members (excludes halogenated alkanes) is 2. The van der Waals surface area contributed by atoms with Crippen molar-refractivity contribution in [3.63, 3.8) is 0 Å². The van der Waals surface area contributed by atoms with Gasteiger partial charge in [0.25, 0.3) is 0 Å². The van der Waals surface area contributed by atoms with Crippen LogP contribution in [-0.4, -0.2) is 29.4 Å². The van der Waals surface area contributed by atoms with Crippen LogP contribution in [0.5, 0.6) is 0 Å². The molecule has 6 heteroatoms. The van der Waals surface area contributed by atoms with Crippen molar-refractivity contribution in [3.8, 4) is 0 Å². The van der Waals surface area contributed by atoms with Gasteiger partial charge in [0, 0.05) is 5.25 Å². The molecule has 0 aromatic carbocycles. The molecule has 0 heterocycles. The molecule has 0 aliphatic carbocycles. The van der Waals surface area contributed by atoms with E-state index in [1.165, 1.54) is 0 Å². The Kier molecular flexibility index (Phi) is 13.9. The predicted molar refractivity (Wildman–Crippen MR) is 63.2 cm³/mol. The van der Waals surface area contributed by atoms with Crippen LogP contribution >= 0.6 is 0 Å². The van der Waals surface area contributed by atoms with Crippen molar-refractivity contribution in [2.24, 2.45) is 0 Å². The molecule has 0 bridgehead atoms. The topological polar surface area (TPSA) is 77.4 Å². The zero-order valence-electron chi connectivity index (χ0n) is 11.2. The third kappa shape index (κ3) is 12.3.